The molecule has 1 heterocycles. The van der Waals surface area contributed by atoms with Crippen LogP contribution in [0.3, 0.4) is 0 Å². The van der Waals surface area contributed by atoms with Gasteiger partial charge < -0.3 is 10.1 Å². The second-order valence-electron chi connectivity index (χ2n) is 4.44. The number of hydrogen-bond acceptors (Lipinski definition) is 2. The van der Waals surface area contributed by atoms with Gasteiger partial charge in [0.15, 0.2) is 0 Å². The summed E-state index contributed by atoms with van der Waals surface area (Å²) in [6.45, 7) is 4.26. The smallest absolute Gasteiger partial charge is 0.124 e. The monoisotopic (exact) mass is 191 g/mol. The SMILES string of the molecule is CNC1CC(C)(C)Oc2ccccc21. The van der Waals surface area contributed by atoms with E-state index in [9.17, 15) is 0 Å². The molecule has 76 valence electrons. The van der Waals surface area contributed by atoms with Crippen molar-refractivity contribution in [2.24, 2.45) is 0 Å². The third kappa shape index (κ3) is 1.62. The van der Waals surface area contributed by atoms with Crippen LogP contribution in [-0.2, 0) is 0 Å². The Bertz CT molecular complexity index is 333. The molecule has 14 heavy (non-hydrogen) atoms. The molecule has 1 N–H and O–H groups in total. The van der Waals surface area contributed by atoms with Crippen molar-refractivity contribution >= 4 is 0 Å². The average molecular weight is 191 g/mol. The predicted octanol–water partition coefficient (Wildman–Crippen LogP) is 2.51. The van der Waals surface area contributed by atoms with E-state index in [4.69, 9.17) is 4.74 Å². The number of fused-ring (bicyclic) bond motifs is 1. The van der Waals surface area contributed by atoms with Crippen LogP contribution < -0.4 is 10.1 Å². The van der Waals surface area contributed by atoms with Crippen LogP contribution in [0.25, 0.3) is 0 Å². The molecule has 0 saturated heterocycles. The zero-order chi connectivity index (χ0) is 10.2. The molecule has 0 aromatic heterocycles. The second kappa shape index (κ2) is 3.28. The van der Waals surface area contributed by atoms with E-state index in [2.05, 4.69) is 31.3 Å². The molecule has 1 aliphatic heterocycles. The highest BCUT2D eigenvalue weighted by molar-refractivity contribution is 5.38. The van der Waals surface area contributed by atoms with Gasteiger partial charge in [0.25, 0.3) is 0 Å². The minimum absolute atomic E-state index is 0.0674. The zero-order valence-electron chi connectivity index (χ0n) is 9.00. The van der Waals surface area contributed by atoms with E-state index in [-0.39, 0.29) is 5.60 Å². The maximum atomic E-state index is 5.91. The Kier molecular flexibility index (Phi) is 2.23. The van der Waals surface area contributed by atoms with E-state index in [0.717, 1.165) is 12.2 Å². The Balaban J connectivity index is 2.41. The van der Waals surface area contributed by atoms with E-state index >= 15 is 0 Å². The first kappa shape index (κ1) is 9.53. The lowest BCUT2D eigenvalue weighted by Gasteiger charge is -2.37. The summed E-state index contributed by atoms with van der Waals surface area (Å²) in [7, 11) is 2.00. The fraction of sp³-hybridized carbons (Fsp3) is 0.500. The van der Waals surface area contributed by atoms with Crippen molar-refractivity contribution in [2.45, 2.75) is 31.9 Å². The summed E-state index contributed by atoms with van der Waals surface area (Å²) < 4.78 is 5.91. The number of benzene rings is 1. The molecule has 1 unspecified atom stereocenters. The Hall–Kier alpha value is -1.02. The van der Waals surface area contributed by atoms with Gasteiger partial charge in [0.05, 0.1) is 0 Å². The standard InChI is InChI=1S/C12H17NO/c1-12(2)8-10(13-3)9-6-4-5-7-11(9)14-12/h4-7,10,13H,8H2,1-3H3. The summed E-state index contributed by atoms with van der Waals surface area (Å²) in [4.78, 5) is 0. The molecule has 0 bridgehead atoms. The predicted molar refractivity (Wildman–Crippen MR) is 57.6 cm³/mol. The lowest BCUT2D eigenvalue weighted by Crippen LogP contribution is -2.38. The first-order valence-corrected chi connectivity index (χ1v) is 5.07. The summed E-state index contributed by atoms with van der Waals surface area (Å²) in [6.07, 6.45) is 1.01. The van der Waals surface area contributed by atoms with E-state index < -0.39 is 0 Å². The molecule has 1 aromatic rings. The van der Waals surface area contributed by atoms with Crippen molar-refractivity contribution in [3.8, 4) is 5.75 Å². The topological polar surface area (TPSA) is 21.3 Å². The molecule has 1 aliphatic rings. The van der Waals surface area contributed by atoms with Gasteiger partial charge in [-0.15, -0.1) is 0 Å². The Morgan fingerprint density at radius 2 is 2.07 bits per heavy atom. The van der Waals surface area contributed by atoms with Crippen LogP contribution in [0.2, 0.25) is 0 Å². The molecule has 0 radical (unpaired) electrons. The van der Waals surface area contributed by atoms with Gasteiger partial charge in [0, 0.05) is 18.0 Å². The molecule has 0 spiro atoms. The van der Waals surface area contributed by atoms with E-state index in [1.54, 1.807) is 0 Å². The highest BCUT2D eigenvalue weighted by Crippen LogP contribution is 2.38. The summed E-state index contributed by atoms with van der Waals surface area (Å²) in [5.41, 5.74) is 1.21. The van der Waals surface area contributed by atoms with E-state index in [0.29, 0.717) is 6.04 Å². The first-order valence-electron chi connectivity index (χ1n) is 5.07. The molecule has 0 amide bonds. The Morgan fingerprint density at radius 3 is 2.79 bits per heavy atom. The number of hydrogen-bond donors (Lipinski definition) is 1. The van der Waals surface area contributed by atoms with Gasteiger partial charge in [0.2, 0.25) is 0 Å². The third-order valence-corrected chi connectivity index (χ3v) is 2.72. The first-order chi connectivity index (χ1) is 6.62. The Morgan fingerprint density at radius 1 is 1.36 bits per heavy atom. The van der Waals surface area contributed by atoms with Crippen molar-refractivity contribution < 1.29 is 4.74 Å². The van der Waals surface area contributed by atoms with Crippen LogP contribution in [0, 0.1) is 0 Å². The molecule has 1 aromatic carbocycles. The van der Waals surface area contributed by atoms with Gasteiger partial charge in [0.1, 0.15) is 11.4 Å². The average Bonchev–Trinajstić information content (AvgIpc) is 2.15. The fourth-order valence-electron chi connectivity index (χ4n) is 2.06. The van der Waals surface area contributed by atoms with Crippen molar-refractivity contribution in [1.29, 1.82) is 0 Å². The number of para-hydroxylation sites is 1. The molecule has 2 nitrogen and oxygen atoms in total. The number of nitrogens with one attached hydrogen (secondary N) is 1. The van der Waals surface area contributed by atoms with Crippen LogP contribution in [0.1, 0.15) is 31.9 Å². The van der Waals surface area contributed by atoms with Crippen LogP contribution in [0.5, 0.6) is 5.75 Å². The largest absolute Gasteiger partial charge is 0.487 e. The maximum Gasteiger partial charge on any atom is 0.124 e. The summed E-state index contributed by atoms with van der Waals surface area (Å²) in [5, 5.41) is 3.34. The van der Waals surface area contributed by atoms with Crippen molar-refractivity contribution in [2.75, 3.05) is 7.05 Å². The summed E-state index contributed by atoms with van der Waals surface area (Å²) in [6, 6.07) is 8.67. The number of ether oxygens (including phenoxy) is 1. The molecule has 2 rings (SSSR count). The van der Waals surface area contributed by atoms with Gasteiger partial charge in [-0.2, -0.15) is 0 Å². The maximum absolute atomic E-state index is 5.91. The normalized spacial score (nSPS) is 23.8. The highest BCUT2D eigenvalue weighted by Gasteiger charge is 2.32. The van der Waals surface area contributed by atoms with Crippen molar-refractivity contribution in [1.82, 2.24) is 5.32 Å². The van der Waals surface area contributed by atoms with Crippen LogP contribution in [0.15, 0.2) is 24.3 Å². The zero-order valence-corrected chi connectivity index (χ0v) is 9.00. The molecule has 0 saturated carbocycles. The summed E-state index contributed by atoms with van der Waals surface area (Å²) >= 11 is 0. The highest BCUT2D eigenvalue weighted by atomic mass is 16.5. The van der Waals surface area contributed by atoms with Gasteiger partial charge >= 0.3 is 0 Å². The molecule has 2 heteroatoms. The lowest BCUT2D eigenvalue weighted by molar-refractivity contribution is 0.0675. The van der Waals surface area contributed by atoms with Gasteiger partial charge in [-0.3, -0.25) is 0 Å². The van der Waals surface area contributed by atoms with Crippen LogP contribution >= 0.6 is 0 Å². The van der Waals surface area contributed by atoms with Crippen LogP contribution in [-0.4, -0.2) is 12.6 Å². The van der Waals surface area contributed by atoms with E-state index in [1.807, 2.05) is 19.2 Å². The van der Waals surface area contributed by atoms with Crippen LogP contribution in [0.4, 0.5) is 0 Å². The fourth-order valence-corrected chi connectivity index (χ4v) is 2.06. The van der Waals surface area contributed by atoms with Crippen molar-refractivity contribution in [3.63, 3.8) is 0 Å². The number of rotatable bonds is 1. The molecular weight excluding hydrogens is 174 g/mol. The van der Waals surface area contributed by atoms with Crippen molar-refractivity contribution in [3.05, 3.63) is 29.8 Å². The van der Waals surface area contributed by atoms with Gasteiger partial charge in [-0.25, -0.2) is 0 Å². The second-order valence-corrected chi connectivity index (χ2v) is 4.44. The molecule has 1 atom stereocenters. The molecule has 0 fully saturated rings. The summed E-state index contributed by atoms with van der Waals surface area (Å²) in [5.74, 6) is 1.02. The minimum atomic E-state index is -0.0674. The van der Waals surface area contributed by atoms with Gasteiger partial charge in [-0.05, 0) is 27.0 Å². The minimum Gasteiger partial charge on any atom is -0.487 e. The molecular formula is C12H17NO. The van der Waals surface area contributed by atoms with Gasteiger partial charge in [-0.1, -0.05) is 18.2 Å². The lowest BCUT2D eigenvalue weighted by atomic mass is 9.90. The van der Waals surface area contributed by atoms with E-state index in [1.165, 1.54) is 5.56 Å². The molecule has 0 aliphatic carbocycles. The quantitative estimate of drug-likeness (QED) is 0.736. The Labute approximate surface area is 85.3 Å². The third-order valence-electron chi connectivity index (χ3n) is 2.72.